The number of likely N-dealkylation sites (N-methyl/N-ethyl adjacent to an activating group) is 1. The van der Waals surface area contributed by atoms with E-state index >= 15 is 0 Å². The first kappa shape index (κ1) is 28.1. The highest BCUT2D eigenvalue weighted by Crippen LogP contribution is 2.38. The van der Waals surface area contributed by atoms with Crippen molar-refractivity contribution >= 4 is 51.2 Å². The molecule has 0 bridgehead atoms. The summed E-state index contributed by atoms with van der Waals surface area (Å²) in [6.07, 6.45) is 1.71. The lowest BCUT2D eigenvalue weighted by molar-refractivity contribution is -0.159. The Kier molecular flexibility index (Phi) is 9.82. The number of fused-ring (bicyclic) bond motifs is 1. The van der Waals surface area contributed by atoms with Gasteiger partial charge in [-0.1, -0.05) is 18.2 Å². The zero-order valence-corrected chi connectivity index (χ0v) is 20.7. The van der Waals surface area contributed by atoms with Crippen molar-refractivity contribution < 1.29 is 39.6 Å². The van der Waals surface area contributed by atoms with Gasteiger partial charge >= 0.3 is 23.9 Å². The van der Waals surface area contributed by atoms with Crippen molar-refractivity contribution in [3.63, 3.8) is 0 Å². The lowest BCUT2D eigenvalue weighted by atomic mass is 10.0. The molecule has 192 valence electrons. The monoisotopic (exact) mass is 518 g/mol. The minimum Gasteiger partial charge on any atom is -0.473 e. The van der Waals surface area contributed by atoms with E-state index in [0.29, 0.717) is 0 Å². The largest absolute Gasteiger partial charge is 0.473 e. The van der Waals surface area contributed by atoms with Crippen LogP contribution in [0, 0.1) is 13.8 Å². The van der Waals surface area contributed by atoms with Gasteiger partial charge < -0.3 is 30.2 Å². The average Bonchev–Trinajstić information content (AvgIpc) is 3.26. The van der Waals surface area contributed by atoms with E-state index in [2.05, 4.69) is 64.2 Å². The van der Waals surface area contributed by atoms with Gasteiger partial charge in [0.2, 0.25) is 0 Å². The molecule has 2 aromatic heterocycles. The number of rotatable bonds is 2. The zero-order valence-electron chi connectivity index (χ0n) is 19.8. The molecule has 4 rings (SSSR count). The topological polar surface area (TPSA) is 181 Å². The van der Waals surface area contributed by atoms with Crippen molar-refractivity contribution in [1.29, 1.82) is 0 Å². The second kappa shape index (κ2) is 12.6. The molecule has 1 aromatic carbocycles. The molecule has 1 fully saturated rings. The number of hydrogen-bond donors (Lipinski definition) is 4. The van der Waals surface area contributed by atoms with Crippen molar-refractivity contribution in [3.05, 3.63) is 41.0 Å². The van der Waals surface area contributed by atoms with Gasteiger partial charge in [-0.05, 0) is 37.6 Å². The summed E-state index contributed by atoms with van der Waals surface area (Å²) in [4.78, 5) is 51.4. The van der Waals surface area contributed by atoms with Gasteiger partial charge in [0.25, 0.3) is 0 Å². The summed E-state index contributed by atoms with van der Waals surface area (Å²) in [5.41, 5.74) is 5.17. The quantitative estimate of drug-likeness (QED) is 0.363. The van der Waals surface area contributed by atoms with Crippen molar-refractivity contribution in [2.75, 3.05) is 38.1 Å². The third-order valence-electron chi connectivity index (χ3n) is 5.34. The number of benzene rings is 1. The van der Waals surface area contributed by atoms with Crippen molar-refractivity contribution in [3.8, 4) is 11.1 Å². The Bertz CT molecular complexity index is 1220. The van der Waals surface area contributed by atoms with E-state index in [4.69, 9.17) is 39.6 Å². The normalized spacial score (nSPS) is 13.1. The van der Waals surface area contributed by atoms with Crippen LogP contribution in [0.5, 0.6) is 0 Å². The summed E-state index contributed by atoms with van der Waals surface area (Å²) >= 11 is 1.71. The van der Waals surface area contributed by atoms with Crippen LogP contribution in [0.3, 0.4) is 0 Å². The van der Waals surface area contributed by atoms with Gasteiger partial charge in [-0.2, -0.15) is 0 Å². The minimum atomic E-state index is -1.82. The van der Waals surface area contributed by atoms with Gasteiger partial charge in [0.1, 0.15) is 17.0 Å². The fourth-order valence-corrected chi connectivity index (χ4v) is 4.15. The molecule has 1 aliphatic rings. The molecule has 1 saturated heterocycles. The van der Waals surface area contributed by atoms with Crippen LogP contribution in [0.2, 0.25) is 0 Å². The smallest absolute Gasteiger partial charge is 0.414 e. The maximum absolute atomic E-state index is 9.10. The predicted octanol–water partition coefficient (Wildman–Crippen LogP) is 2.04. The molecule has 4 N–H and O–H groups in total. The number of aromatic nitrogens is 2. The number of nitrogens with zero attached hydrogens (tertiary/aromatic N) is 4. The number of carboxylic acids is 4. The molecule has 13 heteroatoms. The molecule has 0 spiro atoms. The van der Waals surface area contributed by atoms with Crippen molar-refractivity contribution in [2.24, 2.45) is 0 Å². The molecule has 0 radical (unpaired) electrons. The molecule has 1 aliphatic heterocycles. The van der Waals surface area contributed by atoms with E-state index in [-0.39, 0.29) is 0 Å². The zero-order chi connectivity index (χ0) is 27.0. The van der Waals surface area contributed by atoms with E-state index in [1.54, 1.807) is 17.7 Å². The molecule has 0 atom stereocenters. The Morgan fingerprint density at radius 3 is 1.89 bits per heavy atom. The van der Waals surface area contributed by atoms with Crippen molar-refractivity contribution in [2.45, 2.75) is 13.8 Å². The summed E-state index contributed by atoms with van der Waals surface area (Å²) in [5, 5.41) is 33.0. The van der Waals surface area contributed by atoms with E-state index < -0.39 is 23.9 Å². The lowest BCUT2D eigenvalue weighted by Crippen LogP contribution is -2.44. The number of piperazine rings is 1. The number of aryl methyl sites for hydroxylation is 2. The van der Waals surface area contributed by atoms with Crippen LogP contribution < -0.4 is 4.90 Å². The Balaban J connectivity index is 0.000000319. The summed E-state index contributed by atoms with van der Waals surface area (Å²) < 4.78 is 0. The SMILES string of the molecule is Cc1ccc(-c2csc3ncnc(N4CCN(C)CC4)c23)cc1C.O=C(O)C(=O)O.O=C(O)C(=O)O. The highest BCUT2D eigenvalue weighted by molar-refractivity contribution is 7.17. The standard InChI is InChI=1S/C19H22N4S.2C2H2O4/c1-13-4-5-15(10-14(13)2)16-11-24-19-17(16)18(20-12-21-19)23-8-6-22(3)7-9-23;2*3-1(4)2(5)6/h4-5,10-12H,6-9H2,1-3H3;2*(H,3,4)(H,5,6). The molecule has 36 heavy (non-hydrogen) atoms. The van der Waals surface area contributed by atoms with Gasteiger partial charge in [0.15, 0.2) is 0 Å². The molecule has 0 unspecified atom stereocenters. The third-order valence-corrected chi connectivity index (χ3v) is 6.22. The number of aliphatic carboxylic acids is 4. The summed E-state index contributed by atoms with van der Waals surface area (Å²) in [6, 6.07) is 6.69. The fourth-order valence-electron chi connectivity index (χ4n) is 3.24. The first-order valence-corrected chi connectivity index (χ1v) is 11.5. The van der Waals surface area contributed by atoms with E-state index in [1.807, 2.05) is 0 Å². The van der Waals surface area contributed by atoms with E-state index in [9.17, 15) is 0 Å². The number of carboxylic acid groups (broad SMARTS) is 4. The average molecular weight is 519 g/mol. The summed E-state index contributed by atoms with van der Waals surface area (Å²) in [5.74, 6) is -6.21. The maximum Gasteiger partial charge on any atom is 0.414 e. The lowest BCUT2D eigenvalue weighted by Gasteiger charge is -2.33. The third kappa shape index (κ3) is 7.45. The van der Waals surface area contributed by atoms with Gasteiger partial charge in [0, 0.05) is 37.1 Å². The van der Waals surface area contributed by atoms with E-state index in [1.165, 1.54) is 27.6 Å². The van der Waals surface area contributed by atoms with Gasteiger partial charge in [-0.25, -0.2) is 29.1 Å². The first-order chi connectivity index (χ1) is 16.9. The Hall–Kier alpha value is -4.10. The number of anilines is 1. The van der Waals surface area contributed by atoms with Crippen LogP contribution in [0.1, 0.15) is 11.1 Å². The van der Waals surface area contributed by atoms with Crippen LogP contribution in [-0.2, 0) is 19.2 Å². The predicted molar refractivity (Wildman–Crippen MR) is 133 cm³/mol. The first-order valence-electron chi connectivity index (χ1n) is 10.6. The van der Waals surface area contributed by atoms with Crippen LogP contribution in [0.25, 0.3) is 21.3 Å². The van der Waals surface area contributed by atoms with Crippen LogP contribution in [0.15, 0.2) is 29.9 Å². The highest BCUT2D eigenvalue weighted by atomic mass is 32.1. The van der Waals surface area contributed by atoms with Crippen LogP contribution in [-0.4, -0.2) is 92.4 Å². The number of hydrogen-bond acceptors (Lipinski definition) is 9. The fraction of sp³-hybridized carbons (Fsp3) is 0.304. The Morgan fingerprint density at radius 1 is 0.833 bits per heavy atom. The van der Waals surface area contributed by atoms with Crippen molar-refractivity contribution in [1.82, 2.24) is 14.9 Å². The molecule has 3 heterocycles. The van der Waals surface area contributed by atoms with Gasteiger partial charge in [-0.15, -0.1) is 11.3 Å². The molecule has 3 aromatic rings. The Labute approximate surface area is 210 Å². The van der Waals surface area contributed by atoms with E-state index in [0.717, 1.165) is 36.8 Å². The second-order valence-electron chi connectivity index (χ2n) is 7.84. The summed E-state index contributed by atoms with van der Waals surface area (Å²) in [7, 11) is 2.18. The number of thiophene rings is 1. The maximum atomic E-state index is 9.10. The molecular weight excluding hydrogens is 492 g/mol. The van der Waals surface area contributed by atoms with Gasteiger partial charge in [-0.3, -0.25) is 0 Å². The Morgan fingerprint density at radius 2 is 1.39 bits per heavy atom. The van der Waals surface area contributed by atoms with Crippen LogP contribution >= 0.6 is 11.3 Å². The second-order valence-corrected chi connectivity index (χ2v) is 8.69. The highest BCUT2D eigenvalue weighted by Gasteiger charge is 2.21. The van der Waals surface area contributed by atoms with Gasteiger partial charge in [0.05, 0.1) is 5.39 Å². The molecular formula is C23H26N4O8S. The number of carbonyl (C=O) groups is 4. The molecule has 0 saturated carbocycles. The van der Waals surface area contributed by atoms with Crippen LogP contribution in [0.4, 0.5) is 5.82 Å². The minimum absolute atomic E-state index is 1.02. The molecule has 12 nitrogen and oxygen atoms in total. The molecule has 0 amide bonds. The molecule has 0 aliphatic carbocycles. The summed E-state index contributed by atoms with van der Waals surface area (Å²) in [6.45, 7) is 8.52.